The summed E-state index contributed by atoms with van der Waals surface area (Å²) in [5, 5.41) is 0. The standard InChI is InChI=1S/C13H12BrF2NS/c1-6-3-10(16)8(5-9(6)15)12(17)11-4-7(2)13(14)18-11/h3-5,12H,17H2,1-2H3. The summed E-state index contributed by atoms with van der Waals surface area (Å²) in [6, 6.07) is 3.60. The van der Waals surface area contributed by atoms with Crippen LogP contribution in [0, 0.1) is 25.5 Å². The molecule has 0 amide bonds. The van der Waals surface area contributed by atoms with Crippen molar-refractivity contribution in [3.8, 4) is 0 Å². The highest BCUT2D eigenvalue weighted by Gasteiger charge is 2.18. The second-order valence-electron chi connectivity index (χ2n) is 4.21. The lowest BCUT2D eigenvalue weighted by atomic mass is 10.0. The summed E-state index contributed by atoms with van der Waals surface area (Å²) in [5.74, 6) is -0.905. The molecular weight excluding hydrogens is 320 g/mol. The number of benzene rings is 1. The molecule has 0 bridgehead atoms. The van der Waals surface area contributed by atoms with E-state index in [0.717, 1.165) is 14.2 Å². The molecule has 2 N–H and O–H groups in total. The van der Waals surface area contributed by atoms with E-state index in [1.54, 1.807) is 0 Å². The summed E-state index contributed by atoms with van der Waals surface area (Å²) < 4.78 is 28.3. The van der Waals surface area contributed by atoms with Crippen LogP contribution in [-0.4, -0.2) is 0 Å². The van der Waals surface area contributed by atoms with Crippen LogP contribution in [0.15, 0.2) is 22.0 Å². The summed E-state index contributed by atoms with van der Waals surface area (Å²) >= 11 is 4.84. The minimum absolute atomic E-state index is 0.187. The van der Waals surface area contributed by atoms with Crippen LogP contribution in [0.3, 0.4) is 0 Å². The number of rotatable bonds is 2. The van der Waals surface area contributed by atoms with Gasteiger partial charge in [0.1, 0.15) is 11.6 Å². The van der Waals surface area contributed by atoms with Gasteiger partial charge < -0.3 is 5.73 Å². The van der Waals surface area contributed by atoms with Gasteiger partial charge in [-0.2, -0.15) is 0 Å². The number of nitrogens with two attached hydrogens (primary N) is 1. The fourth-order valence-corrected chi connectivity index (χ4v) is 3.28. The monoisotopic (exact) mass is 331 g/mol. The first-order chi connectivity index (χ1) is 8.40. The maximum atomic E-state index is 13.8. The average Bonchev–Trinajstić information content (AvgIpc) is 2.63. The van der Waals surface area contributed by atoms with E-state index in [-0.39, 0.29) is 11.1 Å². The highest BCUT2D eigenvalue weighted by Crippen LogP contribution is 2.34. The molecule has 1 aromatic carbocycles. The van der Waals surface area contributed by atoms with Crippen molar-refractivity contribution < 1.29 is 8.78 Å². The van der Waals surface area contributed by atoms with E-state index >= 15 is 0 Å². The van der Waals surface area contributed by atoms with Gasteiger partial charge in [0, 0.05) is 10.4 Å². The third kappa shape index (κ3) is 2.48. The van der Waals surface area contributed by atoms with Gasteiger partial charge in [-0.15, -0.1) is 11.3 Å². The normalized spacial score (nSPS) is 12.8. The van der Waals surface area contributed by atoms with Crippen molar-refractivity contribution in [3.63, 3.8) is 0 Å². The maximum absolute atomic E-state index is 13.8. The summed E-state index contributed by atoms with van der Waals surface area (Å²) in [7, 11) is 0. The lowest BCUT2D eigenvalue weighted by Crippen LogP contribution is -2.13. The van der Waals surface area contributed by atoms with E-state index in [9.17, 15) is 8.78 Å². The van der Waals surface area contributed by atoms with E-state index in [4.69, 9.17) is 5.73 Å². The molecule has 96 valence electrons. The Hall–Kier alpha value is -0.780. The summed E-state index contributed by atoms with van der Waals surface area (Å²) in [4.78, 5) is 0.807. The van der Waals surface area contributed by atoms with Crippen LogP contribution in [0.25, 0.3) is 0 Å². The fraction of sp³-hybridized carbons (Fsp3) is 0.231. The van der Waals surface area contributed by atoms with Crippen molar-refractivity contribution >= 4 is 27.3 Å². The van der Waals surface area contributed by atoms with Crippen LogP contribution in [0.2, 0.25) is 0 Å². The molecule has 5 heteroatoms. The largest absolute Gasteiger partial charge is 0.320 e. The van der Waals surface area contributed by atoms with Crippen LogP contribution in [0.1, 0.15) is 27.6 Å². The highest BCUT2D eigenvalue weighted by molar-refractivity contribution is 9.11. The van der Waals surface area contributed by atoms with Crippen LogP contribution in [0.5, 0.6) is 0 Å². The zero-order valence-corrected chi connectivity index (χ0v) is 12.3. The third-order valence-electron chi connectivity index (χ3n) is 2.80. The summed E-state index contributed by atoms with van der Waals surface area (Å²) in [6.07, 6.45) is 0. The number of thiophene rings is 1. The Bertz CT molecular complexity index is 575. The van der Waals surface area contributed by atoms with Crippen LogP contribution >= 0.6 is 27.3 Å². The van der Waals surface area contributed by atoms with Gasteiger partial charge in [-0.1, -0.05) is 0 Å². The molecule has 18 heavy (non-hydrogen) atoms. The Labute approximate surface area is 117 Å². The van der Waals surface area contributed by atoms with E-state index in [1.165, 1.54) is 30.4 Å². The fourth-order valence-electron chi connectivity index (χ4n) is 1.69. The molecule has 0 radical (unpaired) electrons. The van der Waals surface area contributed by atoms with Crippen molar-refractivity contribution in [1.29, 1.82) is 0 Å². The molecule has 0 saturated carbocycles. The van der Waals surface area contributed by atoms with Gasteiger partial charge in [0.15, 0.2) is 0 Å². The molecule has 2 aromatic rings. The zero-order valence-electron chi connectivity index (χ0n) is 9.93. The van der Waals surface area contributed by atoms with Gasteiger partial charge in [0.25, 0.3) is 0 Å². The van der Waals surface area contributed by atoms with Crippen LogP contribution < -0.4 is 5.73 Å². The Balaban J connectivity index is 2.45. The summed E-state index contributed by atoms with van der Waals surface area (Å²) in [5.41, 5.74) is 7.51. The molecule has 1 unspecified atom stereocenters. The first-order valence-corrected chi connectivity index (χ1v) is 6.98. The lowest BCUT2D eigenvalue weighted by Gasteiger charge is -2.12. The molecule has 0 aliphatic carbocycles. The van der Waals surface area contributed by atoms with Gasteiger partial charge in [0.05, 0.1) is 9.83 Å². The van der Waals surface area contributed by atoms with Gasteiger partial charge in [-0.25, -0.2) is 8.78 Å². The van der Waals surface area contributed by atoms with Crippen molar-refractivity contribution in [2.75, 3.05) is 0 Å². The van der Waals surface area contributed by atoms with E-state index in [0.29, 0.717) is 0 Å². The number of halogens is 3. The molecule has 1 heterocycles. The SMILES string of the molecule is Cc1cc(F)c(C(N)c2cc(C)c(Br)s2)cc1F. The predicted octanol–water partition coefficient (Wildman–Crippen LogP) is 4.45. The second-order valence-corrected chi connectivity index (χ2v) is 6.61. The first-order valence-electron chi connectivity index (χ1n) is 5.37. The Kier molecular flexibility index (Phi) is 3.84. The van der Waals surface area contributed by atoms with Gasteiger partial charge in [-0.3, -0.25) is 0 Å². The molecule has 0 saturated heterocycles. The van der Waals surface area contributed by atoms with Crippen molar-refractivity contribution in [2.45, 2.75) is 19.9 Å². The van der Waals surface area contributed by atoms with Gasteiger partial charge >= 0.3 is 0 Å². The molecule has 0 aliphatic heterocycles. The third-order valence-corrected chi connectivity index (χ3v) is 5.02. The minimum Gasteiger partial charge on any atom is -0.320 e. The number of hydrogen-bond donors (Lipinski definition) is 1. The molecular formula is C13H12BrF2NS. The van der Waals surface area contributed by atoms with Crippen LogP contribution in [-0.2, 0) is 0 Å². The lowest BCUT2D eigenvalue weighted by molar-refractivity contribution is 0.571. The van der Waals surface area contributed by atoms with Crippen molar-refractivity contribution in [1.82, 2.24) is 0 Å². The average molecular weight is 332 g/mol. The summed E-state index contributed by atoms with van der Waals surface area (Å²) in [6.45, 7) is 3.46. The number of aryl methyl sites for hydroxylation is 2. The topological polar surface area (TPSA) is 26.0 Å². The quantitative estimate of drug-likeness (QED) is 0.864. The Morgan fingerprint density at radius 1 is 1.11 bits per heavy atom. The van der Waals surface area contributed by atoms with Gasteiger partial charge in [-0.05, 0) is 59.1 Å². The number of hydrogen-bond acceptors (Lipinski definition) is 2. The predicted molar refractivity (Wildman–Crippen MR) is 73.9 cm³/mol. The molecule has 0 spiro atoms. The Morgan fingerprint density at radius 3 is 2.33 bits per heavy atom. The maximum Gasteiger partial charge on any atom is 0.128 e. The van der Waals surface area contributed by atoms with Crippen LogP contribution in [0.4, 0.5) is 8.78 Å². The smallest absolute Gasteiger partial charge is 0.128 e. The second kappa shape index (κ2) is 5.07. The van der Waals surface area contributed by atoms with Crippen molar-refractivity contribution in [2.24, 2.45) is 5.73 Å². The molecule has 0 fully saturated rings. The van der Waals surface area contributed by atoms with Gasteiger partial charge in [0.2, 0.25) is 0 Å². The molecule has 0 aliphatic rings. The molecule has 1 atom stereocenters. The Morgan fingerprint density at radius 2 is 1.78 bits per heavy atom. The molecule has 2 rings (SSSR count). The zero-order chi connectivity index (χ0) is 13.4. The van der Waals surface area contributed by atoms with E-state index in [1.807, 2.05) is 13.0 Å². The molecule has 1 aromatic heterocycles. The molecule has 1 nitrogen and oxygen atoms in total. The van der Waals surface area contributed by atoms with E-state index in [2.05, 4.69) is 15.9 Å². The highest BCUT2D eigenvalue weighted by atomic mass is 79.9. The minimum atomic E-state index is -0.643. The first kappa shape index (κ1) is 13.6. The van der Waals surface area contributed by atoms with Crippen molar-refractivity contribution in [3.05, 3.63) is 55.2 Å². The van der Waals surface area contributed by atoms with E-state index < -0.39 is 17.7 Å².